The average molecular weight is 238 g/mol. The van der Waals surface area contributed by atoms with E-state index in [1.54, 1.807) is 36.3 Å². The number of hydrogen-bond acceptors (Lipinski definition) is 6. The lowest BCUT2D eigenvalue weighted by Crippen LogP contribution is -1.95. The van der Waals surface area contributed by atoms with Gasteiger partial charge in [-0.1, -0.05) is 0 Å². The zero-order chi connectivity index (χ0) is 10.7. The molecule has 2 aromatic heterocycles. The van der Waals surface area contributed by atoms with Crippen LogP contribution < -0.4 is 5.32 Å². The summed E-state index contributed by atoms with van der Waals surface area (Å²) in [6.07, 6.45) is 1.74. The molecular weight excluding hydrogens is 228 g/mol. The lowest BCUT2D eigenvalue weighted by atomic mass is 10.6. The van der Waals surface area contributed by atoms with E-state index in [2.05, 4.69) is 20.3 Å². The summed E-state index contributed by atoms with van der Waals surface area (Å²) in [5.41, 5.74) is 1.05. The van der Waals surface area contributed by atoms with Crippen LogP contribution in [-0.4, -0.2) is 22.0 Å². The smallest absolute Gasteiger partial charge is 0.223 e. The van der Waals surface area contributed by atoms with Gasteiger partial charge >= 0.3 is 0 Å². The van der Waals surface area contributed by atoms with Crippen LogP contribution in [-0.2, 0) is 0 Å². The van der Waals surface area contributed by atoms with E-state index >= 15 is 0 Å². The number of anilines is 1. The fourth-order valence-electron chi connectivity index (χ4n) is 0.988. The van der Waals surface area contributed by atoms with Crippen LogP contribution in [0.5, 0.6) is 0 Å². The number of aromatic nitrogens is 3. The topological polar surface area (TPSA) is 50.7 Å². The second kappa shape index (κ2) is 4.59. The quantitative estimate of drug-likeness (QED) is 0.832. The molecule has 0 aromatic carbocycles. The monoisotopic (exact) mass is 238 g/mol. The zero-order valence-corrected chi connectivity index (χ0v) is 10.0. The second-order valence-electron chi connectivity index (χ2n) is 2.83. The van der Waals surface area contributed by atoms with Crippen LogP contribution in [0.3, 0.4) is 0 Å². The van der Waals surface area contributed by atoms with Crippen molar-refractivity contribution >= 4 is 29.0 Å². The summed E-state index contributed by atoms with van der Waals surface area (Å²) in [6, 6.07) is 1.88. The summed E-state index contributed by atoms with van der Waals surface area (Å²) in [6.45, 7) is 1.99. The molecule has 4 nitrogen and oxygen atoms in total. The van der Waals surface area contributed by atoms with E-state index in [0.29, 0.717) is 5.95 Å². The molecule has 0 saturated carbocycles. The van der Waals surface area contributed by atoms with E-state index in [1.165, 1.54) is 0 Å². The van der Waals surface area contributed by atoms with Crippen molar-refractivity contribution in [2.24, 2.45) is 0 Å². The van der Waals surface area contributed by atoms with Crippen LogP contribution >= 0.6 is 23.1 Å². The molecule has 0 atom stereocenters. The van der Waals surface area contributed by atoms with Gasteiger partial charge in [0.25, 0.3) is 0 Å². The predicted molar refractivity (Wildman–Crippen MR) is 62.6 cm³/mol. The largest absolute Gasteiger partial charge is 0.357 e. The van der Waals surface area contributed by atoms with E-state index in [-0.39, 0.29) is 0 Å². The van der Waals surface area contributed by atoms with Gasteiger partial charge in [-0.2, -0.15) is 0 Å². The Morgan fingerprint density at radius 2 is 2.27 bits per heavy atom. The van der Waals surface area contributed by atoms with E-state index in [9.17, 15) is 0 Å². The highest BCUT2D eigenvalue weighted by molar-refractivity contribution is 8.01. The highest BCUT2D eigenvalue weighted by Gasteiger charge is 2.03. The van der Waals surface area contributed by atoms with Gasteiger partial charge in [0.15, 0.2) is 4.34 Å². The summed E-state index contributed by atoms with van der Waals surface area (Å²) in [7, 11) is 1.80. The van der Waals surface area contributed by atoms with Gasteiger partial charge in [-0.25, -0.2) is 15.0 Å². The van der Waals surface area contributed by atoms with E-state index < -0.39 is 0 Å². The van der Waals surface area contributed by atoms with Crippen molar-refractivity contribution in [1.82, 2.24) is 15.0 Å². The predicted octanol–water partition coefficient (Wildman–Crippen LogP) is 2.43. The third-order valence-electron chi connectivity index (χ3n) is 1.64. The number of aryl methyl sites for hydroxylation is 1. The Morgan fingerprint density at radius 1 is 1.40 bits per heavy atom. The standard InChI is InChI=1S/C9H10N4S2/c1-6-5-14-9(12-6)15-7-3-4-11-8(10-2)13-7/h3-5H,1-2H3,(H,10,11,13). The minimum absolute atomic E-state index is 0.633. The Labute approximate surface area is 96.2 Å². The van der Waals surface area contributed by atoms with Crippen molar-refractivity contribution in [2.45, 2.75) is 16.3 Å². The van der Waals surface area contributed by atoms with Crippen molar-refractivity contribution in [3.8, 4) is 0 Å². The van der Waals surface area contributed by atoms with Crippen molar-refractivity contribution in [3.63, 3.8) is 0 Å². The Hall–Kier alpha value is -1.14. The number of hydrogen-bond donors (Lipinski definition) is 1. The molecule has 2 rings (SSSR count). The summed E-state index contributed by atoms with van der Waals surface area (Å²) in [4.78, 5) is 12.7. The highest BCUT2D eigenvalue weighted by atomic mass is 32.2. The van der Waals surface area contributed by atoms with Gasteiger partial charge in [-0.15, -0.1) is 11.3 Å². The van der Waals surface area contributed by atoms with Crippen molar-refractivity contribution in [1.29, 1.82) is 0 Å². The van der Waals surface area contributed by atoms with Gasteiger partial charge in [0.1, 0.15) is 5.03 Å². The van der Waals surface area contributed by atoms with Gasteiger partial charge in [-0.05, 0) is 24.8 Å². The van der Waals surface area contributed by atoms with Crippen molar-refractivity contribution in [3.05, 3.63) is 23.3 Å². The molecule has 0 aliphatic heterocycles. The molecule has 0 aliphatic rings. The molecule has 15 heavy (non-hydrogen) atoms. The Kier molecular flexibility index (Phi) is 3.17. The molecule has 0 radical (unpaired) electrons. The summed E-state index contributed by atoms with van der Waals surface area (Å²) < 4.78 is 1.01. The van der Waals surface area contributed by atoms with Crippen LogP contribution in [0.2, 0.25) is 0 Å². The molecule has 0 fully saturated rings. The van der Waals surface area contributed by atoms with Crippen LogP contribution in [0, 0.1) is 6.92 Å². The molecule has 0 unspecified atom stereocenters. The Morgan fingerprint density at radius 3 is 2.93 bits per heavy atom. The van der Waals surface area contributed by atoms with Crippen LogP contribution in [0.15, 0.2) is 27.0 Å². The maximum Gasteiger partial charge on any atom is 0.223 e. The number of rotatable bonds is 3. The van der Waals surface area contributed by atoms with Gasteiger partial charge in [-0.3, -0.25) is 0 Å². The normalized spacial score (nSPS) is 10.3. The lowest BCUT2D eigenvalue weighted by molar-refractivity contribution is 1.04. The summed E-state index contributed by atoms with van der Waals surface area (Å²) >= 11 is 3.18. The first-order valence-electron chi connectivity index (χ1n) is 4.38. The van der Waals surface area contributed by atoms with Crippen molar-refractivity contribution in [2.75, 3.05) is 12.4 Å². The van der Waals surface area contributed by atoms with Gasteiger partial charge in [0.05, 0.1) is 0 Å². The molecule has 0 saturated heterocycles. The molecule has 0 aliphatic carbocycles. The Balaban J connectivity index is 2.16. The highest BCUT2D eigenvalue weighted by Crippen LogP contribution is 2.28. The lowest BCUT2D eigenvalue weighted by Gasteiger charge is -1.99. The zero-order valence-electron chi connectivity index (χ0n) is 8.39. The average Bonchev–Trinajstić information content (AvgIpc) is 2.64. The molecule has 78 valence electrons. The van der Waals surface area contributed by atoms with Crippen molar-refractivity contribution < 1.29 is 0 Å². The number of nitrogens with zero attached hydrogens (tertiary/aromatic N) is 3. The SMILES string of the molecule is CNc1nccc(Sc2nc(C)cs2)n1. The number of nitrogens with one attached hydrogen (secondary N) is 1. The first-order valence-corrected chi connectivity index (χ1v) is 6.08. The third kappa shape index (κ3) is 2.66. The first-order chi connectivity index (χ1) is 7.28. The minimum atomic E-state index is 0.633. The van der Waals surface area contributed by atoms with E-state index in [1.807, 2.05) is 18.4 Å². The molecule has 6 heteroatoms. The molecule has 2 heterocycles. The maximum atomic E-state index is 4.36. The maximum absolute atomic E-state index is 4.36. The third-order valence-corrected chi connectivity index (χ3v) is 3.64. The first kappa shape index (κ1) is 10.4. The summed E-state index contributed by atoms with van der Waals surface area (Å²) in [5, 5.41) is 5.84. The molecule has 1 N–H and O–H groups in total. The number of thiazole rings is 1. The fraction of sp³-hybridized carbons (Fsp3) is 0.222. The van der Waals surface area contributed by atoms with Crippen LogP contribution in [0.25, 0.3) is 0 Å². The molecular formula is C9H10N4S2. The van der Waals surface area contributed by atoms with Crippen LogP contribution in [0.4, 0.5) is 5.95 Å². The van der Waals surface area contributed by atoms with Gasteiger partial charge < -0.3 is 5.32 Å². The van der Waals surface area contributed by atoms with Crippen LogP contribution in [0.1, 0.15) is 5.69 Å². The molecule has 2 aromatic rings. The summed E-state index contributed by atoms with van der Waals surface area (Å²) in [5.74, 6) is 0.633. The van der Waals surface area contributed by atoms with Gasteiger partial charge in [0.2, 0.25) is 5.95 Å². The molecule has 0 spiro atoms. The molecule has 0 amide bonds. The van der Waals surface area contributed by atoms with Gasteiger partial charge in [0, 0.05) is 24.3 Å². The fourth-order valence-corrected chi connectivity index (χ4v) is 2.73. The minimum Gasteiger partial charge on any atom is -0.357 e. The van der Waals surface area contributed by atoms with E-state index in [0.717, 1.165) is 15.1 Å². The Bertz CT molecular complexity index is 455. The molecule has 0 bridgehead atoms. The van der Waals surface area contributed by atoms with E-state index in [4.69, 9.17) is 0 Å². The second-order valence-corrected chi connectivity index (χ2v) is 4.95.